The van der Waals surface area contributed by atoms with Crippen LogP contribution < -0.4 is 5.32 Å². The highest BCUT2D eigenvalue weighted by atomic mass is 35.5. The number of aromatic nitrogens is 1. The number of aryl methyl sites for hydroxylation is 1. The third-order valence-corrected chi connectivity index (χ3v) is 4.20. The second kappa shape index (κ2) is 9.49. The third kappa shape index (κ3) is 5.80. The molecule has 0 atom stereocenters. The van der Waals surface area contributed by atoms with E-state index in [-0.39, 0.29) is 0 Å². The molecule has 0 spiro atoms. The Morgan fingerprint density at radius 3 is 2.52 bits per heavy atom. The molecule has 0 saturated carbocycles. The number of nitrogens with zero attached hydrogens (tertiary/aromatic N) is 3. The average Bonchev–Trinajstić information content (AvgIpc) is 2.91. The van der Waals surface area contributed by atoms with Crippen molar-refractivity contribution in [2.24, 2.45) is 12.0 Å². The number of nitrogens with one attached hydrogen (secondary N) is 1. The van der Waals surface area contributed by atoms with Crippen LogP contribution in [0.1, 0.15) is 23.7 Å². The largest absolute Gasteiger partial charge is 0.377 e. The number of hydrogen-bond donors (Lipinski definition) is 1. The molecular formula is C19H27ClN4O. The minimum Gasteiger partial charge on any atom is -0.377 e. The lowest BCUT2D eigenvalue weighted by Gasteiger charge is -2.22. The van der Waals surface area contributed by atoms with Crippen LogP contribution in [0.4, 0.5) is 0 Å². The summed E-state index contributed by atoms with van der Waals surface area (Å²) < 4.78 is 7.45. The van der Waals surface area contributed by atoms with Crippen molar-refractivity contribution >= 4 is 17.6 Å². The van der Waals surface area contributed by atoms with Crippen molar-refractivity contribution in [1.82, 2.24) is 14.8 Å². The molecule has 1 heterocycles. The Morgan fingerprint density at radius 1 is 1.28 bits per heavy atom. The van der Waals surface area contributed by atoms with Gasteiger partial charge in [-0.25, -0.2) is 0 Å². The first-order valence-corrected chi connectivity index (χ1v) is 8.79. The van der Waals surface area contributed by atoms with Gasteiger partial charge in [-0.2, -0.15) is 0 Å². The first-order valence-electron chi connectivity index (χ1n) is 8.41. The maximum absolute atomic E-state index is 6.05. The van der Waals surface area contributed by atoms with Crippen LogP contribution in [0, 0.1) is 0 Å². The van der Waals surface area contributed by atoms with Gasteiger partial charge in [0.15, 0.2) is 5.96 Å². The molecule has 5 nitrogen and oxygen atoms in total. The van der Waals surface area contributed by atoms with E-state index in [1.54, 1.807) is 7.05 Å². The lowest BCUT2D eigenvalue weighted by Crippen LogP contribution is -2.38. The summed E-state index contributed by atoms with van der Waals surface area (Å²) in [4.78, 5) is 6.44. The summed E-state index contributed by atoms with van der Waals surface area (Å²) in [5.41, 5.74) is 3.53. The van der Waals surface area contributed by atoms with E-state index in [4.69, 9.17) is 16.3 Å². The van der Waals surface area contributed by atoms with E-state index in [1.165, 1.54) is 11.1 Å². The Hall–Kier alpha value is -1.98. The van der Waals surface area contributed by atoms with E-state index >= 15 is 0 Å². The van der Waals surface area contributed by atoms with E-state index < -0.39 is 0 Å². The maximum Gasteiger partial charge on any atom is 0.194 e. The smallest absolute Gasteiger partial charge is 0.194 e. The summed E-state index contributed by atoms with van der Waals surface area (Å²) in [6, 6.07) is 10.4. The summed E-state index contributed by atoms with van der Waals surface area (Å²) in [6.45, 7) is 4.85. The molecule has 0 radical (unpaired) electrons. The first-order chi connectivity index (χ1) is 12.0. The Bertz CT molecular complexity index is 694. The molecule has 1 aromatic heterocycles. The van der Waals surface area contributed by atoms with Gasteiger partial charge in [0.05, 0.1) is 18.2 Å². The van der Waals surface area contributed by atoms with Gasteiger partial charge in [0.25, 0.3) is 0 Å². The van der Waals surface area contributed by atoms with Gasteiger partial charge in [-0.3, -0.25) is 4.99 Å². The van der Waals surface area contributed by atoms with Crippen LogP contribution in [0.2, 0.25) is 5.02 Å². The molecule has 2 aromatic rings. The molecule has 0 aliphatic heterocycles. The predicted molar refractivity (Wildman–Crippen MR) is 104 cm³/mol. The fourth-order valence-corrected chi connectivity index (χ4v) is 2.85. The second-order valence-corrected chi connectivity index (χ2v) is 6.41. The van der Waals surface area contributed by atoms with Gasteiger partial charge in [-0.1, -0.05) is 35.9 Å². The van der Waals surface area contributed by atoms with Crippen molar-refractivity contribution < 1.29 is 4.74 Å². The number of hydrogen-bond acceptors (Lipinski definition) is 2. The molecule has 0 aliphatic carbocycles. The lowest BCUT2D eigenvalue weighted by molar-refractivity contribution is 0.134. The Labute approximate surface area is 155 Å². The van der Waals surface area contributed by atoms with E-state index in [0.717, 1.165) is 36.4 Å². The minimum absolute atomic E-state index is 0.661. The zero-order valence-electron chi connectivity index (χ0n) is 15.4. The van der Waals surface area contributed by atoms with Gasteiger partial charge in [0.1, 0.15) is 0 Å². The van der Waals surface area contributed by atoms with Gasteiger partial charge in [0, 0.05) is 46.2 Å². The molecule has 25 heavy (non-hydrogen) atoms. The van der Waals surface area contributed by atoms with Crippen molar-refractivity contribution in [2.45, 2.75) is 26.6 Å². The zero-order chi connectivity index (χ0) is 18.2. The Morgan fingerprint density at radius 2 is 1.96 bits per heavy atom. The molecular weight excluding hydrogens is 336 g/mol. The number of benzene rings is 1. The van der Waals surface area contributed by atoms with Gasteiger partial charge >= 0.3 is 0 Å². The van der Waals surface area contributed by atoms with Crippen LogP contribution in [-0.2, 0) is 31.5 Å². The number of ether oxygens (including phenoxy) is 1. The number of halogens is 1. The van der Waals surface area contributed by atoms with Crippen LogP contribution in [0.5, 0.6) is 0 Å². The standard InChI is InChI=1S/C19H27ClN4O/c1-5-25-14-16-8-6-15(7-9-16)11-22-19(21-2)24(4)13-18-10-17(20)12-23(18)3/h6-10,12H,5,11,13-14H2,1-4H3,(H,21,22). The average molecular weight is 363 g/mol. The molecule has 0 saturated heterocycles. The zero-order valence-corrected chi connectivity index (χ0v) is 16.2. The van der Waals surface area contributed by atoms with Crippen LogP contribution in [0.25, 0.3) is 0 Å². The van der Waals surface area contributed by atoms with Gasteiger partial charge in [-0.15, -0.1) is 0 Å². The number of aliphatic imine (C=N–C) groups is 1. The molecule has 6 heteroatoms. The molecule has 0 unspecified atom stereocenters. The second-order valence-electron chi connectivity index (χ2n) is 5.97. The van der Waals surface area contributed by atoms with E-state index in [0.29, 0.717) is 6.61 Å². The van der Waals surface area contributed by atoms with Crippen LogP contribution in [0.3, 0.4) is 0 Å². The first kappa shape index (κ1) is 19.3. The van der Waals surface area contributed by atoms with Crippen molar-refractivity contribution in [1.29, 1.82) is 0 Å². The highest BCUT2D eigenvalue weighted by Gasteiger charge is 2.09. The summed E-state index contributed by atoms with van der Waals surface area (Å²) in [5, 5.41) is 4.15. The summed E-state index contributed by atoms with van der Waals surface area (Å²) in [7, 11) is 5.80. The number of guanidine groups is 1. The van der Waals surface area contributed by atoms with E-state index in [1.807, 2.05) is 37.8 Å². The molecule has 0 amide bonds. The van der Waals surface area contributed by atoms with Crippen molar-refractivity contribution in [3.05, 3.63) is 58.4 Å². The molecule has 0 bridgehead atoms. The fraction of sp³-hybridized carbons (Fsp3) is 0.421. The highest BCUT2D eigenvalue weighted by molar-refractivity contribution is 6.30. The Balaban J connectivity index is 1.90. The highest BCUT2D eigenvalue weighted by Crippen LogP contribution is 2.14. The molecule has 1 N–H and O–H groups in total. The molecule has 0 aliphatic rings. The summed E-state index contributed by atoms with van der Waals surface area (Å²) in [5.74, 6) is 0.843. The van der Waals surface area contributed by atoms with Crippen LogP contribution in [0.15, 0.2) is 41.5 Å². The van der Waals surface area contributed by atoms with Crippen molar-refractivity contribution in [3.8, 4) is 0 Å². The normalized spacial score (nSPS) is 11.6. The van der Waals surface area contributed by atoms with Gasteiger partial charge in [0.2, 0.25) is 0 Å². The van der Waals surface area contributed by atoms with Gasteiger partial charge in [-0.05, 0) is 24.1 Å². The predicted octanol–water partition coefficient (Wildman–Crippen LogP) is 3.42. The monoisotopic (exact) mass is 362 g/mol. The van der Waals surface area contributed by atoms with Crippen molar-refractivity contribution in [2.75, 3.05) is 20.7 Å². The van der Waals surface area contributed by atoms with Crippen molar-refractivity contribution in [3.63, 3.8) is 0 Å². The quantitative estimate of drug-likeness (QED) is 0.606. The van der Waals surface area contributed by atoms with E-state index in [9.17, 15) is 0 Å². The SMILES string of the molecule is CCOCc1ccc(CNC(=NC)N(C)Cc2cc(Cl)cn2C)cc1. The maximum atomic E-state index is 6.05. The topological polar surface area (TPSA) is 41.8 Å². The molecule has 1 aromatic carbocycles. The van der Waals surface area contributed by atoms with Crippen LogP contribution in [-0.4, -0.2) is 36.1 Å². The van der Waals surface area contributed by atoms with Crippen LogP contribution >= 0.6 is 11.6 Å². The molecule has 136 valence electrons. The molecule has 2 rings (SSSR count). The number of rotatable bonds is 7. The summed E-state index contributed by atoms with van der Waals surface area (Å²) >= 11 is 6.05. The van der Waals surface area contributed by atoms with Gasteiger partial charge < -0.3 is 19.5 Å². The fourth-order valence-electron chi connectivity index (χ4n) is 2.58. The molecule has 0 fully saturated rings. The summed E-state index contributed by atoms with van der Waals surface area (Å²) in [6.07, 6.45) is 1.91. The lowest BCUT2D eigenvalue weighted by atomic mass is 10.1. The third-order valence-electron chi connectivity index (χ3n) is 3.99. The minimum atomic E-state index is 0.661. The van der Waals surface area contributed by atoms with E-state index in [2.05, 4.69) is 39.5 Å². The Kier molecular flexibility index (Phi) is 7.34.